The van der Waals surface area contributed by atoms with Gasteiger partial charge in [-0.3, -0.25) is 9.59 Å². The SMILES string of the molecule is CC(=NNC(=O)Cc1ccc(Cl)cc1)c1ccc(NC(=O)c2ccc(Cl)s2)cc1. The molecule has 1 heterocycles. The Balaban J connectivity index is 1.56. The number of nitrogens with zero attached hydrogens (tertiary/aromatic N) is 1. The number of carbonyl (C=O) groups excluding carboxylic acids is 2. The van der Waals surface area contributed by atoms with Crippen molar-refractivity contribution in [1.29, 1.82) is 0 Å². The molecule has 0 atom stereocenters. The lowest BCUT2D eigenvalue weighted by Crippen LogP contribution is -2.21. The predicted octanol–water partition coefficient (Wildman–Crippen LogP) is 5.39. The van der Waals surface area contributed by atoms with Crippen LogP contribution in [-0.4, -0.2) is 17.5 Å². The Morgan fingerprint density at radius 3 is 2.28 bits per heavy atom. The summed E-state index contributed by atoms with van der Waals surface area (Å²) >= 11 is 12.9. The van der Waals surface area contributed by atoms with E-state index in [1.54, 1.807) is 55.5 Å². The number of nitrogens with one attached hydrogen (secondary N) is 2. The summed E-state index contributed by atoms with van der Waals surface area (Å²) in [5.74, 6) is -0.431. The maximum Gasteiger partial charge on any atom is 0.265 e. The van der Waals surface area contributed by atoms with Crippen molar-refractivity contribution >= 4 is 57.8 Å². The fraction of sp³-hybridized carbons (Fsp3) is 0.0952. The number of hydrazone groups is 1. The zero-order valence-corrected chi connectivity index (χ0v) is 17.7. The monoisotopic (exact) mass is 445 g/mol. The van der Waals surface area contributed by atoms with Gasteiger partial charge in [0.05, 0.1) is 21.3 Å². The highest BCUT2D eigenvalue weighted by Crippen LogP contribution is 2.22. The minimum absolute atomic E-state index is 0.213. The topological polar surface area (TPSA) is 70.6 Å². The maximum absolute atomic E-state index is 12.2. The van der Waals surface area contributed by atoms with Crippen LogP contribution in [0.1, 0.15) is 27.7 Å². The van der Waals surface area contributed by atoms with Gasteiger partial charge in [-0.25, -0.2) is 5.43 Å². The Bertz CT molecular complexity index is 1040. The van der Waals surface area contributed by atoms with Crippen LogP contribution >= 0.6 is 34.5 Å². The minimum Gasteiger partial charge on any atom is -0.321 e. The molecule has 0 aliphatic heterocycles. The van der Waals surface area contributed by atoms with E-state index in [-0.39, 0.29) is 18.2 Å². The van der Waals surface area contributed by atoms with Crippen LogP contribution in [0.15, 0.2) is 65.8 Å². The van der Waals surface area contributed by atoms with Crippen LogP contribution in [0.3, 0.4) is 0 Å². The summed E-state index contributed by atoms with van der Waals surface area (Å²) in [5, 5.41) is 7.58. The Morgan fingerprint density at radius 2 is 1.66 bits per heavy atom. The molecule has 29 heavy (non-hydrogen) atoms. The number of rotatable bonds is 6. The van der Waals surface area contributed by atoms with Gasteiger partial charge in [0.2, 0.25) is 5.91 Å². The number of anilines is 1. The third kappa shape index (κ3) is 6.15. The highest BCUT2D eigenvalue weighted by Gasteiger charge is 2.09. The zero-order valence-electron chi connectivity index (χ0n) is 15.4. The number of halogens is 2. The van der Waals surface area contributed by atoms with Crippen LogP contribution in [0.2, 0.25) is 9.36 Å². The smallest absolute Gasteiger partial charge is 0.265 e. The van der Waals surface area contributed by atoms with Crippen molar-refractivity contribution in [2.24, 2.45) is 5.10 Å². The highest BCUT2D eigenvalue weighted by molar-refractivity contribution is 7.18. The molecule has 0 fully saturated rings. The van der Waals surface area contributed by atoms with Crippen molar-refractivity contribution < 1.29 is 9.59 Å². The van der Waals surface area contributed by atoms with E-state index in [1.165, 1.54) is 11.3 Å². The normalized spacial score (nSPS) is 11.2. The van der Waals surface area contributed by atoms with E-state index < -0.39 is 0 Å². The molecular weight excluding hydrogens is 429 g/mol. The molecule has 2 aromatic carbocycles. The predicted molar refractivity (Wildman–Crippen MR) is 119 cm³/mol. The van der Waals surface area contributed by atoms with E-state index in [4.69, 9.17) is 23.2 Å². The molecule has 0 unspecified atom stereocenters. The lowest BCUT2D eigenvalue weighted by atomic mass is 10.1. The van der Waals surface area contributed by atoms with Gasteiger partial charge in [0.15, 0.2) is 0 Å². The molecule has 2 N–H and O–H groups in total. The van der Waals surface area contributed by atoms with Crippen molar-refractivity contribution in [2.75, 3.05) is 5.32 Å². The molecule has 0 spiro atoms. The van der Waals surface area contributed by atoms with Crippen LogP contribution in [-0.2, 0) is 11.2 Å². The molecule has 2 amide bonds. The molecule has 1 aromatic heterocycles. The summed E-state index contributed by atoms with van der Waals surface area (Å²) in [6.07, 6.45) is 0.214. The molecule has 0 saturated heterocycles. The van der Waals surface area contributed by atoms with Crippen molar-refractivity contribution in [3.05, 3.63) is 86.0 Å². The summed E-state index contributed by atoms with van der Waals surface area (Å²) < 4.78 is 0.565. The first-order valence-electron chi connectivity index (χ1n) is 8.65. The summed E-state index contributed by atoms with van der Waals surface area (Å²) in [6.45, 7) is 1.80. The first-order chi connectivity index (χ1) is 13.9. The maximum atomic E-state index is 12.2. The second-order valence-corrected chi connectivity index (χ2v) is 8.32. The molecule has 148 valence electrons. The fourth-order valence-electron chi connectivity index (χ4n) is 2.46. The van der Waals surface area contributed by atoms with Crippen LogP contribution < -0.4 is 10.7 Å². The fourth-order valence-corrected chi connectivity index (χ4v) is 3.53. The van der Waals surface area contributed by atoms with Crippen molar-refractivity contribution in [1.82, 2.24) is 5.43 Å². The van der Waals surface area contributed by atoms with Gasteiger partial charge >= 0.3 is 0 Å². The Labute approximate surface area is 182 Å². The number of thiophene rings is 1. The number of hydrogen-bond acceptors (Lipinski definition) is 4. The number of benzene rings is 2. The van der Waals surface area contributed by atoms with Gasteiger partial charge in [0, 0.05) is 10.7 Å². The van der Waals surface area contributed by atoms with E-state index >= 15 is 0 Å². The van der Waals surface area contributed by atoms with Gasteiger partial charge in [-0.15, -0.1) is 11.3 Å². The second-order valence-electron chi connectivity index (χ2n) is 6.17. The van der Waals surface area contributed by atoms with Crippen LogP contribution in [0.5, 0.6) is 0 Å². The number of amides is 2. The summed E-state index contributed by atoms with van der Waals surface area (Å²) in [5.41, 5.74) is 5.54. The van der Waals surface area contributed by atoms with Crippen LogP contribution in [0.25, 0.3) is 0 Å². The molecule has 0 radical (unpaired) electrons. The molecule has 0 aliphatic carbocycles. The molecule has 0 bridgehead atoms. The average Bonchev–Trinajstić information content (AvgIpc) is 3.15. The Kier molecular flexibility index (Phi) is 7.04. The summed E-state index contributed by atoms with van der Waals surface area (Å²) in [7, 11) is 0. The first-order valence-corrected chi connectivity index (χ1v) is 10.2. The molecule has 3 aromatic rings. The van der Waals surface area contributed by atoms with E-state index in [9.17, 15) is 9.59 Å². The summed E-state index contributed by atoms with van der Waals surface area (Å²) in [4.78, 5) is 24.7. The van der Waals surface area contributed by atoms with E-state index in [1.807, 2.05) is 12.1 Å². The van der Waals surface area contributed by atoms with Crippen molar-refractivity contribution in [3.8, 4) is 0 Å². The summed E-state index contributed by atoms with van der Waals surface area (Å²) in [6, 6.07) is 17.6. The number of hydrogen-bond donors (Lipinski definition) is 2. The molecule has 8 heteroatoms. The molecule has 5 nitrogen and oxygen atoms in total. The van der Waals surface area contributed by atoms with Crippen molar-refractivity contribution in [3.63, 3.8) is 0 Å². The van der Waals surface area contributed by atoms with Gasteiger partial charge in [-0.2, -0.15) is 5.10 Å². The Morgan fingerprint density at radius 1 is 0.966 bits per heavy atom. The largest absolute Gasteiger partial charge is 0.321 e. The molecule has 0 saturated carbocycles. The van der Waals surface area contributed by atoms with Crippen LogP contribution in [0, 0.1) is 0 Å². The number of carbonyl (C=O) groups is 2. The van der Waals surface area contributed by atoms with Gasteiger partial charge in [-0.1, -0.05) is 47.5 Å². The third-order valence-corrected chi connectivity index (χ3v) is 5.47. The van der Waals surface area contributed by atoms with Crippen LogP contribution in [0.4, 0.5) is 5.69 Å². The first kappa shape index (κ1) is 21.0. The highest BCUT2D eigenvalue weighted by atomic mass is 35.5. The van der Waals surface area contributed by atoms with Crippen molar-refractivity contribution in [2.45, 2.75) is 13.3 Å². The van der Waals surface area contributed by atoms with Gasteiger partial charge in [0.25, 0.3) is 5.91 Å². The minimum atomic E-state index is -0.217. The average molecular weight is 446 g/mol. The Hall–Kier alpha value is -2.67. The van der Waals surface area contributed by atoms with E-state index in [0.29, 0.717) is 25.6 Å². The van der Waals surface area contributed by atoms with E-state index in [0.717, 1.165) is 11.1 Å². The van der Waals surface area contributed by atoms with Gasteiger partial charge in [-0.05, 0) is 54.4 Å². The van der Waals surface area contributed by atoms with Gasteiger partial charge < -0.3 is 5.32 Å². The molecular formula is C21H17Cl2N3O2S. The molecule has 3 rings (SSSR count). The lowest BCUT2D eigenvalue weighted by molar-refractivity contribution is -0.120. The standard InChI is InChI=1S/C21H17Cl2N3O2S/c1-13(25-26-20(27)12-14-2-6-16(22)7-3-14)15-4-8-17(9-5-15)24-21(28)18-10-11-19(23)29-18/h2-11H,12H2,1H3,(H,24,28)(H,26,27). The van der Waals surface area contributed by atoms with Gasteiger partial charge in [0.1, 0.15) is 0 Å². The second kappa shape index (κ2) is 9.69. The molecule has 0 aliphatic rings. The lowest BCUT2D eigenvalue weighted by Gasteiger charge is -2.06. The third-order valence-electron chi connectivity index (χ3n) is 3.98. The quantitative estimate of drug-likeness (QED) is 0.394. The zero-order chi connectivity index (χ0) is 20.8. The van der Waals surface area contributed by atoms with E-state index in [2.05, 4.69) is 15.8 Å².